The van der Waals surface area contributed by atoms with Gasteiger partial charge >= 0.3 is 0 Å². The summed E-state index contributed by atoms with van der Waals surface area (Å²) >= 11 is 0. The summed E-state index contributed by atoms with van der Waals surface area (Å²) < 4.78 is 43.5. The zero-order valence-corrected chi connectivity index (χ0v) is 17.1. The van der Waals surface area contributed by atoms with E-state index in [1.807, 2.05) is 0 Å². The van der Waals surface area contributed by atoms with Crippen LogP contribution in [0.15, 0.2) is 47.4 Å². The molecule has 1 amide bonds. The van der Waals surface area contributed by atoms with Crippen molar-refractivity contribution in [1.82, 2.24) is 10.0 Å². The minimum absolute atomic E-state index is 0.0442. The summed E-state index contributed by atoms with van der Waals surface area (Å²) in [5, 5.41) is 2.72. The van der Waals surface area contributed by atoms with Gasteiger partial charge in [0.25, 0.3) is 5.91 Å². The predicted molar refractivity (Wildman–Crippen MR) is 107 cm³/mol. The summed E-state index contributed by atoms with van der Waals surface area (Å²) in [4.78, 5) is 12.4. The van der Waals surface area contributed by atoms with E-state index in [1.54, 1.807) is 31.4 Å². The number of methoxy groups -OCH3 is 2. The van der Waals surface area contributed by atoms with E-state index in [9.17, 15) is 13.2 Å². The Balaban J connectivity index is 1.59. The van der Waals surface area contributed by atoms with Gasteiger partial charge in [-0.2, -0.15) is 0 Å². The Hall–Kier alpha value is -2.78. The highest BCUT2D eigenvalue weighted by atomic mass is 32.2. The van der Waals surface area contributed by atoms with E-state index in [2.05, 4.69) is 10.0 Å². The second kappa shape index (κ2) is 9.15. The first-order valence-electron chi connectivity index (χ1n) is 9.18. The van der Waals surface area contributed by atoms with Crippen molar-refractivity contribution in [3.8, 4) is 17.2 Å². The van der Waals surface area contributed by atoms with E-state index < -0.39 is 15.9 Å². The van der Waals surface area contributed by atoms with Gasteiger partial charge in [-0.3, -0.25) is 4.79 Å². The summed E-state index contributed by atoms with van der Waals surface area (Å²) in [6.45, 7) is 0.530. The molecule has 0 spiro atoms. The molecular formula is C20H24N2O6S. The average Bonchev–Trinajstić information content (AvgIpc) is 3.54. The molecule has 1 saturated carbocycles. The third-order valence-electron chi connectivity index (χ3n) is 4.33. The molecule has 0 saturated heterocycles. The van der Waals surface area contributed by atoms with E-state index in [0.29, 0.717) is 5.75 Å². The number of nitrogens with one attached hydrogen (secondary N) is 2. The summed E-state index contributed by atoms with van der Waals surface area (Å²) in [5.41, 5.74) is 0.228. The van der Waals surface area contributed by atoms with Crippen molar-refractivity contribution in [1.29, 1.82) is 0 Å². The standard InChI is InChI=1S/C20H24N2O6S/c1-26-16-6-8-17(9-7-16)28-12-11-21-20(23)14-3-10-18(27-2)19(13-14)29(24,25)22-15-4-5-15/h3,6-10,13,15,22H,4-5,11-12H2,1-2H3,(H,21,23). The first kappa shape index (κ1) is 20.9. The van der Waals surface area contributed by atoms with Gasteiger partial charge in [0.05, 0.1) is 20.8 Å². The smallest absolute Gasteiger partial charge is 0.251 e. The largest absolute Gasteiger partial charge is 0.497 e. The van der Waals surface area contributed by atoms with Crippen molar-refractivity contribution in [3.63, 3.8) is 0 Å². The molecular weight excluding hydrogens is 396 g/mol. The monoisotopic (exact) mass is 420 g/mol. The van der Waals surface area contributed by atoms with E-state index in [4.69, 9.17) is 14.2 Å². The fraction of sp³-hybridized carbons (Fsp3) is 0.350. The molecule has 1 aliphatic rings. The fourth-order valence-electron chi connectivity index (χ4n) is 2.62. The molecule has 0 bridgehead atoms. The Kier molecular flexibility index (Phi) is 6.60. The number of carbonyl (C=O) groups excluding carboxylic acids is 1. The van der Waals surface area contributed by atoms with E-state index in [0.717, 1.165) is 18.6 Å². The molecule has 0 heterocycles. The third-order valence-corrected chi connectivity index (χ3v) is 5.87. The molecule has 3 rings (SSSR count). The summed E-state index contributed by atoms with van der Waals surface area (Å²) in [6.07, 6.45) is 1.63. The molecule has 9 heteroatoms. The molecule has 1 aliphatic carbocycles. The molecule has 2 N–H and O–H groups in total. The molecule has 29 heavy (non-hydrogen) atoms. The Labute approximate surface area is 170 Å². The number of sulfonamides is 1. The summed E-state index contributed by atoms with van der Waals surface area (Å²) in [6, 6.07) is 11.4. The van der Waals surface area contributed by atoms with Gasteiger partial charge in [-0.1, -0.05) is 0 Å². The molecule has 2 aromatic rings. The lowest BCUT2D eigenvalue weighted by Gasteiger charge is -2.12. The molecule has 0 unspecified atom stereocenters. The lowest BCUT2D eigenvalue weighted by atomic mass is 10.2. The van der Waals surface area contributed by atoms with Gasteiger partial charge in [-0.25, -0.2) is 13.1 Å². The maximum absolute atomic E-state index is 12.5. The Morgan fingerprint density at radius 1 is 1.03 bits per heavy atom. The van der Waals surface area contributed by atoms with Crippen LogP contribution in [0, 0.1) is 0 Å². The van der Waals surface area contributed by atoms with Gasteiger partial charge in [-0.05, 0) is 55.3 Å². The second-order valence-electron chi connectivity index (χ2n) is 6.54. The van der Waals surface area contributed by atoms with Crippen LogP contribution >= 0.6 is 0 Å². The van der Waals surface area contributed by atoms with E-state index >= 15 is 0 Å². The normalized spacial score (nSPS) is 13.6. The van der Waals surface area contributed by atoms with Crippen molar-refractivity contribution in [2.75, 3.05) is 27.4 Å². The fourth-order valence-corrected chi connectivity index (χ4v) is 4.12. The number of benzene rings is 2. The maximum atomic E-state index is 12.5. The predicted octanol–water partition coefficient (Wildman–Crippen LogP) is 1.95. The number of amides is 1. The van der Waals surface area contributed by atoms with Crippen LogP contribution in [0.5, 0.6) is 17.2 Å². The van der Waals surface area contributed by atoms with Crippen molar-refractivity contribution >= 4 is 15.9 Å². The molecule has 0 aromatic heterocycles. The maximum Gasteiger partial charge on any atom is 0.251 e. The first-order chi connectivity index (χ1) is 13.9. The van der Waals surface area contributed by atoms with Crippen LogP contribution in [0.2, 0.25) is 0 Å². The number of ether oxygens (including phenoxy) is 3. The zero-order chi connectivity index (χ0) is 20.9. The number of hydrogen-bond acceptors (Lipinski definition) is 6. The number of hydrogen-bond donors (Lipinski definition) is 2. The Bertz CT molecular complexity index is 955. The highest BCUT2D eigenvalue weighted by Gasteiger charge is 2.30. The first-order valence-corrected chi connectivity index (χ1v) is 10.7. The van der Waals surface area contributed by atoms with Crippen LogP contribution < -0.4 is 24.2 Å². The van der Waals surface area contributed by atoms with Crippen molar-refractivity contribution in [3.05, 3.63) is 48.0 Å². The summed E-state index contributed by atoms with van der Waals surface area (Å²) in [7, 11) is -0.776. The quantitative estimate of drug-likeness (QED) is 0.570. The molecule has 0 atom stereocenters. The van der Waals surface area contributed by atoms with Gasteiger partial charge in [-0.15, -0.1) is 0 Å². The molecule has 156 valence electrons. The van der Waals surface area contributed by atoms with E-state index in [1.165, 1.54) is 25.3 Å². The highest BCUT2D eigenvalue weighted by molar-refractivity contribution is 7.89. The lowest BCUT2D eigenvalue weighted by Crippen LogP contribution is -2.29. The minimum atomic E-state index is -3.75. The van der Waals surface area contributed by atoms with Gasteiger partial charge in [0.15, 0.2) is 0 Å². The number of carbonyl (C=O) groups is 1. The van der Waals surface area contributed by atoms with Gasteiger partial charge in [0.1, 0.15) is 28.8 Å². The zero-order valence-electron chi connectivity index (χ0n) is 16.3. The highest BCUT2D eigenvalue weighted by Crippen LogP contribution is 2.28. The molecule has 0 aliphatic heterocycles. The Morgan fingerprint density at radius 3 is 2.34 bits per heavy atom. The van der Waals surface area contributed by atoms with Crippen molar-refractivity contribution in [2.45, 2.75) is 23.8 Å². The second-order valence-corrected chi connectivity index (χ2v) is 8.22. The summed E-state index contributed by atoms with van der Waals surface area (Å²) in [5.74, 6) is 1.18. The van der Waals surface area contributed by atoms with Crippen molar-refractivity contribution in [2.24, 2.45) is 0 Å². The van der Waals surface area contributed by atoms with Crippen LogP contribution in [0.1, 0.15) is 23.2 Å². The van der Waals surface area contributed by atoms with Crippen LogP contribution in [0.25, 0.3) is 0 Å². The molecule has 2 aromatic carbocycles. The van der Waals surface area contributed by atoms with Gasteiger partial charge < -0.3 is 19.5 Å². The van der Waals surface area contributed by atoms with Crippen LogP contribution in [0.4, 0.5) is 0 Å². The van der Waals surface area contributed by atoms with E-state index in [-0.39, 0.29) is 35.4 Å². The number of rotatable bonds is 10. The van der Waals surface area contributed by atoms with Crippen LogP contribution in [-0.4, -0.2) is 47.7 Å². The van der Waals surface area contributed by atoms with Gasteiger partial charge in [0, 0.05) is 11.6 Å². The van der Waals surface area contributed by atoms with Crippen molar-refractivity contribution < 1.29 is 27.4 Å². The Morgan fingerprint density at radius 2 is 1.72 bits per heavy atom. The topological polar surface area (TPSA) is 103 Å². The lowest BCUT2D eigenvalue weighted by molar-refractivity contribution is 0.0946. The van der Waals surface area contributed by atoms with Crippen LogP contribution in [0.3, 0.4) is 0 Å². The van der Waals surface area contributed by atoms with Crippen LogP contribution in [-0.2, 0) is 10.0 Å². The average molecular weight is 420 g/mol. The molecule has 1 fully saturated rings. The molecule has 0 radical (unpaired) electrons. The van der Waals surface area contributed by atoms with Gasteiger partial charge in [0.2, 0.25) is 10.0 Å². The SMILES string of the molecule is COc1ccc(OCCNC(=O)c2ccc(OC)c(S(=O)(=O)NC3CC3)c2)cc1. The third kappa shape index (κ3) is 5.61. The minimum Gasteiger partial charge on any atom is -0.497 e. The molecule has 8 nitrogen and oxygen atoms in total.